The maximum absolute atomic E-state index is 3.68. The van der Waals surface area contributed by atoms with Crippen LogP contribution in [0.15, 0.2) is 37.0 Å². The van der Waals surface area contributed by atoms with Crippen molar-refractivity contribution in [2.24, 2.45) is 0 Å². The molecule has 0 aliphatic rings. The predicted molar refractivity (Wildman–Crippen MR) is 75.7 cm³/mol. The van der Waals surface area contributed by atoms with Crippen molar-refractivity contribution in [1.82, 2.24) is 0 Å². The molecule has 16 heavy (non-hydrogen) atoms. The van der Waals surface area contributed by atoms with Gasteiger partial charge >= 0.3 is 0 Å². The van der Waals surface area contributed by atoms with Gasteiger partial charge in [0.2, 0.25) is 0 Å². The molecule has 0 saturated carbocycles. The summed E-state index contributed by atoms with van der Waals surface area (Å²) in [6.45, 7) is 5.95. The van der Waals surface area contributed by atoms with Crippen LogP contribution in [-0.2, 0) is 0 Å². The van der Waals surface area contributed by atoms with Crippen LogP contribution in [0.3, 0.4) is 0 Å². The first-order chi connectivity index (χ1) is 7.91. The lowest BCUT2D eigenvalue weighted by atomic mass is 10.1. The van der Waals surface area contributed by atoms with E-state index in [1.54, 1.807) is 0 Å². The monoisotopic (exact) mass is 220 g/mol. The second kappa shape index (κ2) is 14.2. The molecule has 0 N–H and O–H groups in total. The highest BCUT2D eigenvalue weighted by molar-refractivity contribution is 4.95. The van der Waals surface area contributed by atoms with Gasteiger partial charge in [-0.2, -0.15) is 0 Å². The normalized spacial score (nSPS) is 11.6. The molecular weight excluding hydrogens is 192 g/mol. The van der Waals surface area contributed by atoms with E-state index in [0.29, 0.717) is 0 Å². The smallest absolute Gasteiger partial charge is 0.0169 e. The van der Waals surface area contributed by atoms with Crippen molar-refractivity contribution in [3.63, 3.8) is 0 Å². The van der Waals surface area contributed by atoms with Crippen molar-refractivity contribution >= 4 is 0 Å². The Morgan fingerprint density at radius 2 is 1.38 bits per heavy atom. The maximum atomic E-state index is 3.68. The zero-order valence-corrected chi connectivity index (χ0v) is 11.0. The standard InChI is InChI=1S/C16H28/c1-3-5-7-9-11-13-15-16-14-12-10-8-6-4-2/h3,7,9,13,15H,1,4-6,8,10-12,14,16H2,2H3/b9-7-,15-13-. The van der Waals surface area contributed by atoms with Crippen molar-refractivity contribution in [2.75, 3.05) is 0 Å². The van der Waals surface area contributed by atoms with Crippen LogP contribution in [0.5, 0.6) is 0 Å². The minimum atomic E-state index is 0.991. The molecule has 0 aromatic heterocycles. The van der Waals surface area contributed by atoms with Gasteiger partial charge in [-0.05, 0) is 25.7 Å². The Labute approximate surface area is 102 Å². The Kier molecular flexibility index (Phi) is 13.5. The van der Waals surface area contributed by atoms with Crippen molar-refractivity contribution in [1.29, 1.82) is 0 Å². The molecule has 0 rings (SSSR count). The molecule has 0 aromatic rings. The number of hydrogen-bond donors (Lipinski definition) is 0. The predicted octanol–water partition coefficient (Wildman–Crippen LogP) is 5.82. The molecule has 0 spiro atoms. The van der Waals surface area contributed by atoms with Crippen LogP contribution in [0.2, 0.25) is 0 Å². The summed E-state index contributed by atoms with van der Waals surface area (Å²) in [4.78, 5) is 0. The molecule has 0 radical (unpaired) electrons. The molecule has 0 unspecified atom stereocenters. The fraction of sp³-hybridized carbons (Fsp3) is 0.625. The summed E-state index contributed by atoms with van der Waals surface area (Å²) in [5.74, 6) is 0. The van der Waals surface area contributed by atoms with Crippen LogP contribution in [-0.4, -0.2) is 0 Å². The van der Waals surface area contributed by atoms with Crippen LogP contribution >= 0.6 is 0 Å². The molecule has 0 nitrogen and oxygen atoms in total. The van der Waals surface area contributed by atoms with Gasteiger partial charge in [-0.1, -0.05) is 69.4 Å². The topological polar surface area (TPSA) is 0 Å². The third-order valence-corrected chi connectivity index (χ3v) is 2.63. The zero-order valence-electron chi connectivity index (χ0n) is 11.0. The molecule has 0 aliphatic carbocycles. The summed E-state index contributed by atoms with van der Waals surface area (Å²) in [6, 6.07) is 0. The Balaban J connectivity index is 3.12. The fourth-order valence-electron chi connectivity index (χ4n) is 1.62. The van der Waals surface area contributed by atoms with Gasteiger partial charge in [-0.25, -0.2) is 0 Å². The molecule has 0 aliphatic heterocycles. The second-order valence-electron chi connectivity index (χ2n) is 4.26. The third-order valence-electron chi connectivity index (χ3n) is 2.63. The van der Waals surface area contributed by atoms with Crippen molar-refractivity contribution in [3.05, 3.63) is 37.0 Å². The molecule has 0 heterocycles. The summed E-state index contributed by atoms with van der Waals surface area (Å²) < 4.78 is 0. The molecule has 0 bridgehead atoms. The van der Waals surface area contributed by atoms with E-state index in [1.807, 2.05) is 6.08 Å². The SMILES string of the molecule is C=CC/C=C\C/C=C\CCCCCCCC. The van der Waals surface area contributed by atoms with Gasteiger partial charge < -0.3 is 0 Å². The highest BCUT2D eigenvalue weighted by Gasteiger charge is 1.87. The quantitative estimate of drug-likeness (QED) is 0.304. The first kappa shape index (κ1) is 15.2. The van der Waals surface area contributed by atoms with Crippen LogP contribution < -0.4 is 0 Å². The Morgan fingerprint density at radius 3 is 2.12 bits per heavy atom. The van der Waals surface area contributed by atoms with Gasteiger partial charge in [0.05, 0.1) is 0 Å². The van der Waals surface area contributed by atoms with Gasteiger partial charge in [0.25, 0.3) is 0 Å². The van der Waals surface area contributed by atoms with E-state index < -0.39 is 0 Å². The average Bonchev–Trinajstić information content (AvgIpc) is 2.31. The maximum Gasteiger partial charge on any atom is -0.0169 e. The molecule has 0 atom stereocenters. The fourth-order valence-corrected chi connectivity index (χ4v) is 1.62. The zero-order chi connectivity index (χ0) is 11.9. The molecule has 92 valence electrons. The molecule has 0 aromatic carbocycles. The van der Waals surface area contributed by atoms with E-state index in [4.69, 9.17) is 0 Å². The van der Waals surface area contributed by atoms with Gasteiger partial charge in [0.1, 0.15) is 0 Å². The number of allylic oxidation sites excluding steroid dienone is 5. The lowest BCUT2D eigenvalue weighted by Gasteiger charge is -1.97. The largest absolute Gasteiger partial charge is 0.103 e. The number of unbranched alkanes of at least 4 members (excludes halogenated alkanes) is 6. The Morgan fingerprint density at radius 1 is 0.750 bits per heavy atom. The van der Waals surface area contributed by atoms with Crippen LogP contribution in [0.4, 0.5) is 0 Å². The summed E-state index contributed by atoms with van der Waals surface area (Å²) in [5, 5.41) is 0. The van der Waals surface area contributed by atoms with Gasteiger partial charge in [0, 0.05) is 0 Å². The molecule has 0 heteroatoms. The van der Waals surface area contributed by atoms with Crippen molar-refractivity contribution < 1.29 is 0 Å². The second-order valence-corrected chi connectivity index (χ2v) is 4.26. The number of hydrogen-bond acceptors (Lipinski definition) is 0. The summed E-state index contributed by atoms with van der Waals surface area (Å²) in [7, 11) is 0. The minimum absolute atomic E-state index is 0.991. The Hall–Kier alpha value is -0.780. The van der Waals surface area contributed by atoms with E-state index in [2.05, 4.69) is 37.8 Å². The van der Waals surface area contributed by atoms with E-state index in [1.165, 1.54) is 44.9 Å². The molecule has 0 fully saturated rings. The lowest BCUT2D eigenvalue weighted by Crippen LogP contribution is -1.77. The van der Waals surface area contributed by atoms with E-state index in [-0.39, 0.29) is 0 Å². The molecule has 0 saturated heterocycles. The lowest BCUT2D eigenvalue weighted by molar-refractivity contribution is 0.611. The first-order valence-electron chi connectivity index (χ1n) is 6.82. The van der Waals surface area contributed by atoms with Crippen molar-refractivity contribution in [3.8, 4) is 0 Å². The van der Waals surface area contributed by atoms with E-state index in [9.17, 15) is 0 Å². The number of rotatable bonds is 11. The average molecular weight is 220 g/mol. The minimum Gasteiger partial charge on any atom is -0.103 e. The Bertz CT molecular complexity index is 186. The first-order valence-corrected chi connectivity index (χ1v) is 6.82. The summed E-state index contributed by atoms with van der Waals surface area (Å²) in [6.07, 6.45) is 22.6. The van der Waals surface area contributed by atoms with E-state index in [0.717, 1.165) is 12.8 Å². The third kappa shape index (κ3) is 13.2. The van der Waals surface area contributed by atoms with Gasteiger partial charge in [0.15, 0.2) is 0 Å². The van der Waals surface area contributed by atoms with Crippen molar-refractivity contribution in [2.45, 2.75) is 64.7 Å². The van der Waals surface area contributed by atoms with E-state index >= 15 is 0 Å². The highest BCUT2D eigenvalue weighted by Crippen LogP contribution is 2.07. The van der Waals surface area contributed by atoms with Crippen LogP contribution in [0, 0.1) is 0 Å². The van der Waals surface area contributed by atoms with Gasteiger partial charge in [-0.15, -0.1) is 6.58 Å². The van der Waals surface area contributed by atoms with Crippen LogP contribution in [0.25, 0.3) is 0 Å². The molecule has 0 amide bonds. The summed E-state index contributed by atoms with van der Waals surface area (Å²) >= 11 is 0. The van der Waals surface area contributed by atoms with Gasteiger partial charge in [-0.3, -0.25) is 0 Å². The highest BCUT2D eigenvalue weighted by atomic mass is 13.9. The molecular formula is C16H28. The summed E-state index contributed by atoms with van der Waals surface area (Å²) in [5.41, 5.74) is 0. The van der Waals surface area contributed by atoms with Crippen LogP contribution in [0.1, 0.15) is 64.7 Å².